The van der Waals surface area contributed by atoms with E-state index in [0.717, 1.165) is 19.0 Å². The molecule has 7 nitrogen and oxygen atoms in total. The lowest BCUT2D eigenvalue weighted by Gasteiger charge is -2.36. The van der Waals surface area contributed by atoms with Gasteiger partial charge in [0.1, 0.15) is 13.2 Å². The zero-order valence-corrected chi connectivity index (χ0v) is 15.5. The van der Waals surface area contributed by atoms with Gasteiger partial charge >= 0.3 is 0 Å². The number of nitrogens with zero attached hydrogens (tertiary/aromatic N) is 2. The molecular formula is C18H24N2O5S. The lowest BCUT2D eigenvalue weighted by atomic mass is 10.1. The summed E-state index contributed by atoms with van der Waals surface area (Å²) in [6.45, 7) is 4.50. The number of ether oxygens (including phenoxy) is 3. The summed E-state index contributed by atoms with van der Waals surface area (Å²) in [6.07, 6.45) is 2.57. The maximum Gasteiger partial charge on any atom is 0.243 e. The minimum Gasteiger partial charge on any atom is -0.486 e. The molecule has 1 aromatic rings. The molecule has 5 rings (SSSR count). The molecule has 0 radical (unpaired) electrons. The van der Waals surface area contributed by atoms with Crippen LogP contribution in [0.2, 0.25) is 0 Å². The Morgan fingerprint density at radius 1 is 1.04 bits per heavy atom. The molecule has 3 aliphatic heterocycles. The molecule has 1 aliphatic carbocycles. The van der Waals surface area contributed by atoms with Gasteiger partial charge in [0, 0.05) is 32.2 Å². The van der Waals surface area contributed by atoms with E-state index in [1.54, 1.807) is 22.5 Å². The van der Waals surface area contributed by atoms with Crippen molar-refractivity contribution in [1.82, 2.24) is 9.21 Å². The maximum absolute atomic E-state index is 13.2. The summed E-state index contributed by atoms with van der Waals surface area (Å²) in [5, 5.41) is 0. The van der Waals surface area contributed by atoms with Crippen molar-refractivity contribution in [3.8, 4) is 11.5 Å². The highest BCUT2D eigenvalue weighted by atomic mass is 32.2. The van der Waals surface area contributed by atoms with Gasteiger partial charge in [-0.3, -0.25) is 4.90 Å². The second-order valence-electron chi connectivity index (χ2n) is 7.54. The maximum atomic E-state index is 13.2. The highest BCUT2D eigenvalue weighted by molar-refractivity contribution is 7.89. The van der Waals surface area contributed by atoms with Crippen LogP contribution < -0.4 is 9.47 Å². The highest BCUT2D eigenvalue weighted by Crippen LogP contribution is 2.36. The lowest BCUT2D eigenvalue weighted by molar-refractivity contribution is -0.0483. The number of morpholine rings is 1. The van der Waals surface area contributed by atoms with Crippen LogP contribution in [0.1, 0.15) is 12.8 Å². The second kappa shape index (κ2) is 6.37. The summed E-state index contributed by atoms with van der Waals surface area (Å²) < 4.78 is 44.8. The zero-order chi connectivity index (χ0) is 17.7. The van der Waals surface area contributed by atoms with Crippen LogP contribution in [0.3, 0.4) is 0 Å². The van der Waals surface area contributed by atoms with E-state index < -0.39 is 10.0 Å². The van der Waals surface area contributed by atoms with E-state index >= 15 is 0 Å². The van der Waals surface area contributed by atoms with Crippen molar-refractivity contribution in [2.75, 3.05) is 46.0 Å². The van der Waals surface area contributed by atoms with Crippen LogP contribution in [0.15, 0.2) is 23.1 Å². The fraction of sp³-hybridized carbons (Fsp3) is 0.667. The van der Waals surface area contributed by atoms with Crippen molar-refractivity contribution in [3.05, 3.63) is 18.2 Å². The number of hydrogen-bond acceptors (Lipinski definition) is 6. The smallest absolute Gasteiger partial charge is 0.243 e. The lowest BCUT2D eigenvalue weighted by Crippen LogP contribution is -2.51. The Morgan fingerprint density at radius 2 is 1.85 bits per heavy atom. The summed E-state index contributed by atoms with van der Waals surface area (Å²) in [4.78, 5) is 2.69. The summed E-state index contributed by atoms with van der Waals surface area (Å²) >= 11 is 0. The van der Waals surface area contributed by atoms with Gasteiger partial charge in [-0.15, -0.1) is 0 Å². The number of hydrogen-bond donors (Lipinski definition) is 0. The number of rotatable bonds is 4. The van der Waals surface area contributed by atoms with Crippen LogP contribution in [-0.4, -0.2) is 75.8 Å². The summed E-state index contributed by atoms with van der Waals surface area (Å²) in [7, 11) is -3.58. The van der Waals surface area contributed by atoms with Crippen molar-refractivity contribution >= 4 is 10.0 Å². The average Bonchev–Trinajstić information content (AvgIpc) is 3.35. The number of benzene rings is 1. The molecule has 0 unspecified atom stereocenters. The van der Waals surface area contributed by atoms with Crippen molar-refractivity contribution in [1.29, 1.82) is 0 Å². The summed E-state index contributed by atoms with van der Waals surface area (Å²) in [5.41, 5.74) is 0. The second-order valence-corrected chi connectivity index (χ2v) is 9.48. The molecule has 4 aliphatic rings. The van der Waals surface area contributed by atoms with E-state index in [9.17, 15) is 8.42 Å². The van der Waals surface area contributed by atoms with Crippen molar-refractivity contribution in [3.63, 3.8) is 0 Å². The molecule has 0 bridgehead atoms. The molecule has 2 saturated heterocycles. The van der Waals surface area contributed by atoms with Gasteiger partial charge < -0.3 is 14.2 Å². The van der Waals surface area contributed by atoms with Crippen LogP contribution in [0, 0.1) is 5.92 Å². The van der Waals surface area contributed by atoms with E-state index in [1.807, 2.05) is 0 Å². The quantitative estimate of drug-likeness (QED) is 0.775. The number of fused-ring (bicyclic) bond motifs is 2. The van der Waals surface area contributed by atoms with Crippen molar-refractivity contribution in [2.45, 2.75) is 29.9 Å². The Labute approximate surface area is 153 Å². The molecular weight excluding hydrogens is 356 g/mol. The topological polar surface area (TPSA) is 68.3 Å². The van der Waals surface area contributed by atoms with Crippen LogP contribution in [0.25, 0.3) is 0 Å². The van der Waals surface area contributed by atoms with Crippen molar-refractivity contribution < 1.29 is 22.6 Å². The standard InChI is InChI=1S/C18H24N2O5S/c21-26(22,14-3-4-16-17(9-14)25-8-7-24-16)20-11-15-18(12-20)23-6-5-19(15)10-13-1-2-13/h3-4,9,13,15,18H,1-2,5-8,10-12H2/t15-,18-/m0/s1. The molecule has 3 fully saturated rings. The van der Waals surface area contributed by atoms with Gasteiger partial charge in [-0.2, -0.15) is 4.31 Å². The average molecular weight is 380 g/mol. The first-order chi connectivity index (χ1) is 12.6. The zero-order valence-electron chi connectivity index (χ0n) is 14.7. The third kappa shape index (κ3) is 2.98. The first-order valence-corrected chi connectivity index (χ1v) is 10.8. The van der Waals surface area contributed by atoms with E-state index in [1.165, 1.54) is 12.8 Å². The normalized spacial score (nSPS) is 29.5. The van der Waals surface area contributed by atoms with E-state index in [-0.39, 0.29) is 17.0 Å². The SMILES string of the molecule is O=S(=O)(c1ccc2c(c1)OCCO2)N1C[C@@H]2OCCN(CC3CC3)[C@H]2C1. The molecule has 0 N–H and O–H groups in total. The molecule has 3 heterocycles. The molecule has 1 aromatic carbocycles. The van der Waals surface area contributed by atoms with Crippen molar-refractivity contribution in [2.24, 2.45) is 5.92 Å². The van der Waals surface area contributed by atoms with E-state index in [0.29, 0.717) is 44.4 Å². The monoisotopic (exact) mass is 380 g/mol. The fourth-order valence-electron chi connectivity index (χ4n) is 4.11. The van der Waals surface area contributed by atoms with Gasteiger partial charge in [0.15, 0.2) is 11.5 Å². The van der Waals surface area contributed by atoms with Crippen LogP contribution in [-0.2, 0) is 14.8 Å². The summed E-state index contributed by atoms with van der Waals surface area (Å²) in [5.74, 6) is 1.89. The van der Waals surface area contributed by atoms with Gasteiger partial charge in [-0.25, -0.2) is 8.42 Å². The van der Waals surface area contributed by atoms with Gasteiger partial charge in [-0.1, -0.05) is 0 Å². The van der Waals surface area contributed by atoms with Gasteiger partial charge in [0.2, 0.25) is 10.0 Å². The molecule has 1 saturated carbocycles. The minimum absolute atomic E-state index is 0.0329. The molecule has 0 amide bonds. The Balaban J connectivity index is 1.37. The molecule has 0 aromatic heterocycles. The minimum atomic E-state index is -3.58. The highest BCUT2D eigenvalue weighted by Gasteiger charge is 2.45. The summed E-state index contributed by atoms with van der Waals surface area (Å²) in [6, 6.07) is 5.03. The molecule has 2 atom stereocenters. The van der Waals surface area contributed by atoms with E-state index in [2.05, 4.69) is 4.90 Å². The van der Waals surface area contributed by atoms with Gasteiger partial charge in [0.05, 0.1) is 23.6 Å². The van der Waals surface area contributed by atoms with E-state index in [4.69, 9.17) is 14.2 Å². The van der Waals surface area contributed by atoms with Crippen LogP contribution >= 0.6 is 0 Å². The molecule has 8 heteroatoms. The first-order valence-electron chi connectivity index (χ1n) is 9.37. The third-order valence-corrected chi connectivity index (χ3v) is 7.55. The first kappa shape index (κ1) is 16.8. The number of sulfonamides is 1. The van der Waals surface area contributed by atoms with Gasteiger partial charge in [0.25, 0.3) is 0 Å². The molecule has 142 valence electrons. The Morgan fingerprint density at radius 3 is 2.65 bits per heavy atom. The Hall–Kier alpha value is -1.35. The third-order valence-electron chi connectivity index (χ3n) is 5.72. The fourth-order valence-corrected chi connectivity index (χ4v) is 5.60. The predicted octanol–water partition coefficient (Wildman–Crippen LogP) is 0.942. The van der Waals surface area contributed by atoms with Crippen LogP contribution in [0.4, 0.5) is 0 Å². The molecule has 26 heavy (non-hydrogen) atoms. The Kier molecular flexibility index (Phi) is 4.11. The Bertz CT molecular complexity index is 795. The largest absolute Gasteiger partial charge is 0.486 e. The van der Waals surface area contributed by atoms with Gasteiger partial charge in [-0.05, 0) is 30.9 Å². The predicted molar refractivity (Wildman–Crippen MR) is 94.0 cm³/mol. The molecule has 0 spiro atoms. The van der Waals surface area contributed by atoms with Crippen LogP contribution in [0.5, 0.6) is 11.5 Å².